The quantitative estimate of drug-likeness (QED) is 0.479. The van der Waals surface area contributed by atoms with Crippen molar-refractivity contribution in [2.45, 2.75) is 43.9 Å². The van der Waals surface area contributed by atoms with Crippen molar-refractivity contribution in [2.75, 3.05) is 0 Å². The molecule has 2 heterocycles. The maximum absolute atomic E-state index is 12.8. The Kier molecular flexibility index (Phi) is 5.21. The molecular weight excluding hydrogens is 457 g/mol. The normalized spacial score (nSPS) is 23.7. The summed E-state index contributed by atoms with van der Waals surface area (Å²) < 4.78 is 42.5. The zero-order valence-electron chi connectivity index (χ0n) is 18.7. The van der Waals surface area contributed by atoms with Gasteiger partial charge in [-0.2, -0.15) is 0 Å². The SMILES string of the molecule is Oc1ccc2c(c1)[C@@H](C1CC1)N(Cc1cccc(OC(F)(F)F)c1)[C@@H]1ON=C(c3ccccc3)[C@H]21. The average molecular weight is 480 g/mol. The van der Waals surface area contributed by atoms with Crippen LogP contribution >= 0.6 is 0 Å². The van der Waals surface area contributed by atoms with Gasteiger partial charge >= 0.3 is 6.36 Å². The number of nitrogens with zero attached hydrogens (tertiary/aromatic N) is 2. The molecule has 0 radical (unpaired) electrons. The van der Waals surface area contributed by atoms with Crippen LogP contribution in [0.2, 0.25) is 0 Å². The largest absolute Gasteiger partial charge is 0.573 e. The second-order valence-electron chi connectivity index (χ2n) is 9.28. The van der Waals surface area contributed by atoms with Gasteiger partial charge in [-0.1, -0.05) is 53.7 Å². The summed E-state index contributed by atoms with van der Waals surface area (Å²) in [4.78, 5) is 8.23. The summed E-state index contributed by atoms with van der Waals surface area (Å²) in [7, 11) is 0. The Morgan fingerprint density at radius 2 is 1.77 bits per heavy atom. The van der Waals surface area contributed by atoms with Gasteiger partial charge in [-0.05, 0) is 59.7 Å². The molecule has 180 valence electrons. The first kappa shape index (κ1) is 22.0. The van der Waals surface area contributed by atoms with Crippen LogP contribution in [-0.4, -0.2) is 28.3 Å². The van der Waals surface area contributed by atoms with Crippen molar-refractivity contribution in [3.8, 4) is 11.5 Å². The smallest absolute Gasteiger partial charge is 0.508 e. The third-order valence-electron chi connectivity index (χ3n) is 6.88. The number of aromatic hydroxyl groups is 1. The number of halogens is 3. The molecule has 1 N–H and O–H groups in total. The summed E-state index contributed by atoms with van der Waals surface area (Å²) in [6.45, 7) is 0.351. The van der Waals surface area contributed by atoms with E-state index in [2.05, 4.69) is 14.8 Å². The van der Waals surface area contributed by atoms with Crippen LogP contribution in [0.15, 0.2) is 78.0 Å². The van der Waals surface area contributed by atoms with Crippen molar-refractivity contribution in [1.29, 1.82) is 0 Å². The van der Waals surface area contributed by atoms with E-state index in [1.807, 2.05) is 42.5 Å². The lowest BCUT2D eigenvalue weighted by molar-refractivity contribution is -0.274. The monoisotopic (exact) mass is 480 g/mol. The fourth-order valence-corrected chi connectivity index (χ4v) is 5.37. The molecule has 0 amide bonds. The van der Waals surface area contributed by atoms with E-state index in [1.54, 1.807) is 18.2 Å². The summed E-state index contributed by atoms with van der Waals surface area (Å²) in [5.74, 6) is 0.108. The topological polar surface area (TPSA) is 54.3 Å². The van der Waals surface area contributed by atoms with E-state index in [-0.39, 0.29) is 23.5 Å². The van der Waals surface area contributed by atoms with E-state index in [0.29, 0.717) is 18.0 Å². The van der Waals surface area contributed by atoms with E-state index in [4.69, 9.17) is 4.84 Å². The van der Waals surface area contributed by atoms with Crippen molar-refractivity contribution in [2.24, 2.45) is 11.1 Å². The number of benzene rings is 3. The Balaban J connectivity index is 1.41. The van der Waals surface area contributed by atoms with Crippen LogP contribution in [0.1, 0.15) is 47.1 Å². The predicted octanol–water partition coefficient (Wildman–Crippen LogP) is 6.10. The minimum Gasteiger partial charge on any atom is -0.508 e. The van der Waals surface area contributed by atoms with Gasteiger partial charge in [0.15, 0.2) is 6.23 Å². The molecule has 3 atom stereocenters. The summed E-state index contributed by atoms with van der Waals surface area (Å²) >= 11 is 0. The number of phenolic OH excluding ortho intramolecular Hbond substituents is 1. The lowest BCUT2D eigenvalue weighted by atomic mass is 9.78. The third kappa shape index (κ3) is 4.23. The second kappa shape index (κ2) is 8.30. The molecule has 0 unspecified atom stereocenters. The van der Waals surface area contributed by atoms with Crippen LogP contribution in [0, 0.1) is 5.92 Å². The van der Waals surface area contributed by atoms with E-state index < -0.39 is 12.6 Å². The molecule has 3 aromatic rings. The van der Waals surface area contributed by atoms with E-state index in [0.717, 1.165) is 35.2 Å². The summed E-state index contributed by atoms with van der Waals surface area (Å²) in [5.41, 5.74) is 4.51. The molecule has 5 nitrogen and oxygen atoms in total. The van der Waals surface area contributed by atoms with Crippen LogP contribution < -0.4 is 4.74 Å². The highest BCUT2D eigenvalue weighted by Gasteiger charge is 2.52. The lowest BCUT2D eigenvalue weighted by Gasteiger charge is -2.43. The maximum Gasteiger partial charge on any atom is 0.573 e. The molecule has 1 fully saturated rings. The first-order valence-corrected chi connectivity index (χ1v) is 11.6. The third-order valence-corrected chi connectivity index (χ3v) is 6.88. The zero-order chi connectivity index (χ0) is 24.2. The van der Waals surface area contributed by atoms with Gasteiger partial charge < -0.3 is 14.7 Å². The van der Waals surface area contributed by atoms with Gasteiger partial charge in [-0.15, -0.1) is 13.2 Å². The van der Waals surface area contributed by atoms with Crippen molar-refractivity contribution in [3.05, 3.63) is 95.1 Å². The minimum absolute atomic E-state index is 0.0455. The number of rotatable bonds is 5. The number of oxime groups is 1. The van der Waals surface area contributed by atoms with Crippen LogP contribution in [0.4, 0.5) is 13.2 Å². The summed E-state index contributed by atoms with van der Waals surface area (Å²) in [5, 5.41) is 14.8. The molecule has 0 bridgehead atoms. The molecule has 0 aromatic heterocycles. The van der Waals surface area contributed by atoms with Crippen molar-refractivity contribution >= 4 is 5.71 Å². The Bertz CT molecular complexity index is 1270. The molecular formula is C27H23F3N2O3. The van der Waals surface area contributed by atoms with E-state index >= 15 is 0 Å². The molecule has 1 saturated carbocycles. The summed E-state index contributed by atoms with van der Waals surface area (Å²) in [6.07, 6.45) is -3.09. The highest BCUT2D eigenvalue weighted by Crippen LogP contribution is 2.54. The Morgan fingerprint density at radius 3 is 2.51 bits per heavy atom. The van der Waals surface area contributed by atoms with Gasteiger partial charge in [0.05, 0.1) is 11.6 Å². The number of ether oxygens (including phenoxy) is 1. The number of fused-ring (bicyclic) bond motifs is 3. The van der Waals surface area contributed by atoms with E-state index in [1.165, 1.54) is 12.1 Å². The average Bonchev–Trinajstić information content (AvgIpc) is 3.55. The highest BCUT2D eigenvalue weighted by molar-refractivity contribution is 6.06. The number of hydrogen-bond donors (Lipinski definition) is 1. The number of alkyl halides is 3. The molecule has 6 rings (SSSR count). The van der Waals surface area contributed by atoms with Gasteiger partial charge in [0, 0.05) is 18.2 Å². The zero-order valence-corrected chi connectivity index (χ0v) is 18.7. The highest BCUT2D eigenvalue weighted by atomic mass is 19.4. The van der Waals surface area contributed by atoms with E-state index in [9.17, 15) is 18.3 Å². The standard InChI is InChI=1S/C27H23F3N2O3/c28-27(29,30)34-20-8-4-5-16(13-20)15-32-25(18-9-10-18)22-14-19(33)11-12-21(22)23-24(31-35-26(23)32)17-6-2-1-3-7-17/h1-8,11-14,18,23,25-26,33H,9-10,15H2/t23-,25+,26+/m0/s1. The Morgan fingerprint density at radius 1 is 0.971 bits per heavy atom. The molecule has 8 heteroatoms. The number of hydrogen-bond acceptors (Lipinski definition) is 5. The molecule has 35 heavy (non-hydrogen) atoms. The first-order chi connectivity index (χ1) is 16.9. The van der Waals surface area contributed by atoms with Crippen LogP contribution in [-0.2, 0) is 11.4 Å². The van der Waals surface area contributed by atoms with Gasteiger partial charge in [0.25, 0.3) is 0 Å². The van der Waals surface area contributed by atoms with Gasteiger partial charge in [-0.3, -0.25) is 4.90 Å². The lowest BCUT2D eigenvalue weighted by Crippen LogP contribution is -2.47. The van der Waals surface area contributed by atoms with Gasteiger partial charge in [-0.25, -0.2) is 0 Å². The Labute approximate surface area is 200 Å². The fraction of sp³-hybridized carbons (Fsp3) is 0.296. The van der Waals surface area contributed by atoms with Crippen LogP contribution in [0.5, 0.6) is 11.5 Å². The van der Waals surface area contributed by atoms with Crippen LogP contribution in [0.3, 0.4) is 0 Å². The van der Waals surface area contributed by atoms with Crippen molar-refractivity contribution in [3.63, 3.8) is 0 Å². The first-order valence-electron chi connectivity index (χ1n) is 11.6. The molecule has 0 spiro atoms. The molecule has 3 aromatic carbocycles. The second-order valence-corrected chi connectivity index (χ2v) is 9.28. The predicted molar refractivity (Wildman–Crippen MR) is 123 cm³/mol. The van der Waals surface area contributed by atoms with Crippen molar-refractivity contribution in [1.82, 2.24) is 4.90 Å². The summed E-state index contributed by atoms with van der Waals surface area (Å²) in [6, 6.07) is 21.3. The van der Waals surface area contributed by atoms with Crippen LogP contribution in [0.25, 0.3) is 0 Å². The molecule has 3 aliphatic rings. The molecule has 2 aliphatic heterocycles. The number of phenols is 1. The van der Waals surface area contributed by atoms with Gasteiger partial charge in [0.1, 0.15) is 11.5 Å². The van der Waals surface area contributed by atoms with Gasteiger partial charge in [0.2, 0.25) is 0 Å². The molecule has 1 aliphatic carbocycles. The Hall–Kier alpha value is -3.52. The molecule has 0 saturated heterocycles. The minimum atomic E-state index is -4.76. The maximum atomic E-state index is 12.8. The fourth-order valence-electron chi connectivity index (χ4n) is 5.37. The van der Waals surface area contributed by atoms with Crippen molar-refractivity contribution < 1.29 is 27.9 Å².